The lowest BCUT2D eigenvalue weighted by molar-refractivity contribution is 0.103. The molecule has 3 rings (SSSR count). The molecule has 0 saturated carbocycles. The Hall–Kier alpha value is -2.33. The van der Waals surface area contributed by atoms with E-state index < -0.39 is 22.9 Å². The molecule has 0 radical (unpaired) electrons. The minimum atomic E-state index is -2.36. The zero-order valence-corrected chi connectivity index (χ0v) is 15.4. The van der Waals surface area contributed by atoms with Crippen molar-refractivity contribution >= 4 is 39.7 Å². The Kier molecular flexibility index (Phi) is 6.17. The van der Waals surface area contributed by atoms with Crippen LogP contribution in [0.1, 0.15) is 28.0 Å². The number of rotatable bonds is 7. The van der Waals surface area contributed by atoms with Crippen molar-refractivity contribution in [2.45, 2.75) is 12.8 Å². The van der Waals surface area contributed by atoms with Gasteiger partial charge in [-0.15, -0.1) is 0 Å². The van der Waals surface area contributed by atoms with Gasteiger partial charge in [-0.05, 0) is 36.6 Å². The molecule has 2 heterocycles. The molecule has 0 aliphatic rings. The third-order valence-corrected chi connectivity index (χ3v) is 4.67. The number of nitrogens with one attached hydrogen (secondary N) is 1. The lowest BCUT2D eigenvalue weighted by atomic mass is 10.0. The molecule has 1 unspecified atom stereocenters. The Bertz CT molecular complexity index is 1030. The van der Waals surface area contributed by atoms with Crippen LogP contribution in [0.25, 0.3) is 11.0 Å². The van der Waals surface area contributed by atoms with Gasteiger partial charge in [-0.1, -0.05) is 11.6 Å². The molecule has 0 bridgehead atoms. The maximum atomic E-state index is 14.0. The van der Waals surface area contributed by atoms with Gasteiger partial charge >= 0.3 is 0 Å². The van der Waals surface area contributed by atoms with E-state index in [-0.39, 0.29) is 22.8 Å². The Balaban J connectivity index is 1.88. The number of nitrogens with zero attached hydrogens (tertiary/aromatic N) is 3. The van der Waals surface area contributed by atoms with Crippen LogP contribution in [0.15, 0.2) is 36.8 Å². The summed E-state index contributed by atoms with van der Waals surface area (Å²) in [6, 6.07) is 3.76. The molecular formula is C17H13ClFN4O3S-. The van der Waals surface area contributed by atoms with E-state index in [4.69, 9.17) is 11.6 Å². The van der Waals surface area contributed by atoms with Crippen LogP contribution in [0.2, 0.25) is 5.02 Å². The highest BCUT2D eigenvalue weighted by molar-refractivity contribution is 7.77. The summed E-state index contributed by atoms with van der Waals surface area (Å²) < 4.78 is 37.2. The molecule has 1 aromatic carbocycles. The summed E-state index contributed by atoms with van der Waals surface area (Å²) in [6.45, 7) is 0.178. The third-order valence-electron chi connectivity index (χ3n) is 3.79. The molecule has 27 heavy (non-hydrogen) atoms. The summed E-state index contributed by atoms with van der Waals surface area (Å²) in [6.07, 6.45) is 5.12. The van der Waals surface area contributed by atoms with E-state index in [1.807, 2.05) is 0 Å². The van der Waals surface area contributed by atoms with Crippen molar-refractivity contribution in [1.82, 2.24) is 19.7 Å². The number of ketones is 1. The lowest BCUT2D eigenvalue weighted by Crippen LogP contribution is -2.18. The first kappa shape index (κ1) is 19.4. The van der Waals surface area contributed by atoms with Crippen molar-refractivity contribution in [3.63, 3.8) is 0 Å². The maximum Gasteiger partial charge on any atom is 0.213 e. The molecule has 7 nitrogen and oxygen atoms in total. The van der Waals surface area contributed by atoms with Gasteiger partial charge in [0.05, 0.1) is 16.7 Å². The standard InChI is InChI=1S/C17H14ClFN4O3S/c18-16-10(2-1-3-23-27(25)26)6-11(19)7-12(16)17(24)14-8-13-15(9-22-14)21-5-4-20-13/h4-9,23H,1-3H2,(H,25,26)/p-1. The number of pyridine rings is 1. The highest BCUT2D eigenvalue weighted by Gasteiger charge is 2.19. The van der Waals surface area contributed by atoms with Gasteiger partial charge in [0.25, 0.3) is 0 Å². The molecule has 0 aliphatic carbocycles. The fourth-order valence-electron chi connectivity index (χ4n) is 2.56. The summed E-state index contributed by atoms with van der Waals surface area (Å²) >= 11 is 3.94. The molecule has 0 aliphatic heterocycles. The normalized spacial score (nSPS) is 12.3. The molecular weight excluding hydrogens is 395 g/mol. The van der Waals surface area contributed by atoms with Crippen molar-refractivity contribution in [3.05, 3.63) is 64.5 Å². The van der Waals surface area contributed by atoms with Crippen molar-refractivity contribution in [2.24, 2.45) is 0 Å². The Morgan fingerprint density at radius 3 is 2.67 bits per heavy atom. The van der Waals surface area contributed by atoms with Crippen LogP contribution in [0, 0.1) is 5.82 Å². The lowest BCUT2D eigenvalue weighted by Gasteiger charge is -2.11. The van der Waals surface area contributed by atoms with Crippen molar-refractivity contribution in [1.29, 1.82) is 0 Å². The summed E-state index contributed by atoms with van der Waals surface area (Å²) in [4.78, 5) is 25.0. The second-order valence-corrected chi connectivity index (χ2v) is 6.74. The maximum absolute atomic E-state index is 14.0. The largest absolute Gasteiger partial charge is 0.760 e. The fourth-order valence-corrected chi connectivity index (χ4v) is 3.16. The van der Waals surface area contributed by atoms with E-state index in [1.54, 1.807) is 0 Å². The smallest absolute Gasteiger partial charge is 0.213 e. The Labute approximate surface area is 161 Å². The minimum absolute atomic E-state index is 0.0113. The third kappa shape index (κ3) is 4.69. The van der Waals surface area contributed by atoms with Gasteiger partial charge in [0, 0.05) is 35.8 Å². The van der Waals surface area contributed by atoms with E-state index in [0.29, 0.717) is 29.4 Å². The molecule has 0 saturated heterocycles. The van der Waals surface area contributed by atoms with Crippen molar-refractivity contribution in [2.75, 3.05) is 6.54 Å². The van der Waals surface area contributed by atoms with Crippen LogP contribution in [0.5, 0.6) is 0 Å². The number of hydrogen-bond donors (Lipinski definition) is 1. The zero-order valence-electron chi connectivity index (χ0n) is 13.8. The van der Waals surface area contributed by atoms with Crippen LogP contribution in [-0.4, -0.2) is 36.0 Å². The van der Waals surface area contributed by atoms with Crippen LogP contribution >= 0.6 is 11.6 Å². The van der Waals surface area contributed by atoms with Crippen LogP contribution in [0.4, 0.5) is 4.39 Å². The van der Waals surface area contributed by atoms with Gasteiger partial charge in [-0.2, -0.15) is 0 Å². The predicted molar refractivity (Wildman–Crippen MR) is 97.4 cm³/mol. The Morgan fingerprint density at radius 1 is 1.19 bits per heavy atom. The van der Waals surface area contributed by atoms with Crippen LogP contribution in [-0.2, 0) is 17.7 Å². The molecule has 0 fully saturated rings. The first-order valence-corrected chi connectivity index (χ1v) is 9.33. The quantitative estimate of drug-likeness (QED) is 0.366. The van der Waals surface area contributed by atoms with Crippen LogP contribution < -0.4 is 4.72 Å². The average molecular weight is 408 g/mol. The zero-order chi connectivity index (χ0) is 19.4. The molecule has 0 amide bonds. The predicted octanol–water partition coefficient (Wildman–Crippen LogP) is 2.36. The highest BCUT2D eigenvalue weighted by atomic mass is 35.5. The first-order valence-electron chi connectivity index (χ1n) is 7.88. The van der Waals surface area contributed by atoms with Gasteiger partial charge in [0.2, 0.25) is 5.78 Å². The van der Waals surface area contributed by atoms with Gasteiger partial charge in [-0.25, -0.2) is 9.11 Å². The Morgan fingerprint density at radius 2 is 1.93 bits per heavy atom. The number of fused-ring (bicyclic) bond motifs is 1. The summed E-state index contributed by atoms with van der Waals surface area (Å²) in [5.41, 5.74) is 1.50. The summed E-state index contributed by atoms with van der Waals surface area (Å²) in [5, 5.41) is 0.116. The summed E-state index contributed by atoms with van der Waals surface area (Å²) in [7, 11) is 0. The van der Waals surface area contributed by atoms with Crippen LogP contribution in [0.3, 0.4) is 0 Å². The molecule has 3 aromatic rings. The number of aromatic nitrogens is 3. The van der Waals surface area contributed by atoms with Gasteiger partial charge in [-0.3, -0.25) is 24.0 Å². The number of carbonyl (C=O) groups excluding carboxylic acids is 1. The molecule has 1 atom stereocenters. The molecule has 1 N–H and O–H groups in total. The SMILES string of the molecule is O=C(c1cc2nccnc2cn1)c1cc(F)cc(CCCNS(=O)[O-])c1Cl. The molecule has 10 heteroatoms. The summed E-state index contributed by atoms with van der Waals surface area (Å²) in [5.74, 6) is -1.15. The first-order chi connectivity index (χ1) is 13.0. The number of aryl methyl sites for hydroxylation is 1. The monoisotopic (exact) mass is 407 g/mol. The topological polar surface area (TPSA) is 108 Å². The molecule has 0 spiro atoms. The molecule has 140 valence electrons. The minimum Gasteiger partial charge on any atom is -0.760 e. The van der Waals surface area contributed by atoms with Gasteiger partial charge in [0.1, 0.15) is 17.0 Å². The number of hydrogen-bond acceptors (Lipinski definition) is 6. The number of halogens is 2. The number of carbonyl (C=O) groups is 1. The van der Waals surface area contributed by atoms with E-state index in [0.717, 1.165) is 6.07 Å². The van der Waals surface area contributed by atoms with E-state index in [9.17, 15) is 17.9 Å². The van der Waals surface area contributed by atoms with Crippen molar-refractivity contribution in [3.8, 4) is 0 Å². The highest BCUT2D eigenvalue weighted by Crippen LogP contribution is 2.26. The van der Waals surface area contributed by atoms with Gasteiger partial charge < -0.3 is 4.55 Å². The van der Waals surface area contributed by atoms with E-state index >= 15 is 0 Å². The molecule has 2 aromatic heterocycles. The second kappa shape index (κ2) is 8.57. The second-order valence-electron chi connectivity index (χ2n) is 5.60. The van der Waals surface area contributed by atoms with Crippen molar-refractivity contribution < 1.29 is 17.9 Å². The van der Waals surface area contributed by atoms with E-state index in [1.165, 1.54) is 30.7 Å². The average Bonchev–Trinajstić information content (AvgIpc) is 2.66. The fraction of sp³-hybridized carbons (Fsp3) is 0.176. The van der Waals surface area contributed by atoms with E-state index in [2.05, 4.69) is 19.7 Å². The number of benzene rings is 1. The van der Waals surface area contributed by atoms with Gasteiger partial charge in [0.15, 0.2) is 0 Å².